The lowest BCUT2D eigenvalue weighted by atomic mass is 10.1. The van der Waals surface area contributed by atoms with Gasteiger partial charge in [-0.25, -0.2) is 12.8 Å². The minimum atomic E-state index is -3.80. The minimum absolute atomic E-state index is 0.231. The van der Waals surface area contributed by atoms with E-state index in [0.29, 0.717) is 11.1 Å². The second kappa shape index (κ2) is 8.19. The summed E-state index contributed by atoms with van der Waals surface area (Å²) in [6.45, 7) is 6.85. The van der Waals surface area contributed by atoms with Crippen molar-refractivity contribution in [2.45, 2.75) is 38.6 Å². The van der Waals surface area contributed by atoms with E-state index in [-0.39, 0.29) is 23.3 Å². The molecule has 2 rings (SSSR count). The largest absolute Gasteiger partial charge is 0.348 e. The molecule has 0 aliphatic heterocycles. The molecule has 0 heterocycles. The molecular weight excluding hydrogens is 367 g/mol. The lowest BCUT2D eigenvalue weighted by Gasteiger charge is -2.21. The van der Waals surface area contributed by atoms with E-state index >= 15 is 0 Å². The maximum Gasteiger partial charge on any atom is 0.243 e. The van der Waals surface area contributed by atoms with Gasteiger partial charge >= 0.3 is 0 Å². The van der Waals surface area contributed by atoms with E-state index in [1.165, 1.54) is 19.2 Å². The number of benzene rings is 2. The van der Waals surface area contributed by atoms with Gasteiger partial charge in [0.15, 0.2) is 0 Å². The van der Waals surface area contributed by atoms with Gasteiger partial charge in [-0.15, -0.1) is 0 Å². The number of nitrogens with one attached hydrogen (secondary N) is 1. The fourth-order valence-corrected chi connectivity index (χ4v) is 4.67. The highest BCUT2D eigenvalue weighted by Gasteiger charge is 2.27. The highest BCUT2D eigenvalue weighted by molar-refractivity contribution is 7.89. The Morgan fingerprint density at radius 1 is 1.11 bits per heavy atom. The monoisotopic (exact) mass is 392 g/mol. The Labute approximate surface area is 160 Å². The Balaban J connectivity index is 2.12. The third-order valence-electron chi connectivity index (χ3n) is 4.39. The highest BCUT2D eigenvalue weighted by Crippen LogP contribution is 2.24. The molecule has 5 nitrogen and oxygen atoms in total. The van der Waals surface area contributed by atoms with Gasteiger partial charge in [0.2, 0.25) is 15.9 Å². The van der Waals surface area contributed by atoms with E-state index in [9.17, 15) is 17.6 Å². The van der Waals surface area contributed by atoms with Crippen molar-refractivity contribution in [1.82, 2.24) is 9.62 Å². The maximum absolute atomic E-state index is 13.0. The van der Waals surface area contributed by atoms with Crippen molar-refractivity contribution in [3.05, 3.63) is 64.5 Å². The van der Waals surface area contributed by atoms with Crippen LogP contribution < -0.4 is 5.32 Å². The molecule has 1 amide bonds. The van der Waals surface area contributed by atoms with Crippen molar-refractivity contribution in [2.24, 2.45) is 0 Å². The molecule has 0 radical (unpaired) electrons. The lowest BCUT2D eigenvalue weighted by molar-refractivity contribution is -0.121. The van der Waals surface area contributed by atoms with Crippen LogP contribution in [-0.4, -0.2) is 32.2 Å². The van der Waals surface area contributed by atoms with Crippen molar-refractivity contribution in [3.8, 4) is 0 Å². The van der Waals surface area contributed by atoms with Gasteiger partial charge in [0.25, 0.3) is 0 Å². The van der Waals surface area contributed by atoms with Crippen LogP contribution in [-0.2, 0) is 14.8 Å². The molecule has 2 aromatic carbocycles. The second-order valence-corrected chi connectivity index (χ2v) is 8.81. The predicted molar refractivity (Wildman–Crippen MR) is 103 cm³/mol. The van der Waals surface area contributed by atoms with Crippen molar-refractivity contribution in [3.63, 3.8) is 0 Å². The van der Waals surface area contributed by atoms with Gasteiger partial charge < -0.3 is 5.32 Å². The fraction of sp³-hybridized carbons (Fsp3) is 0.350. The zero-order valence-corrected chi connectivity index (χ0v) is 17.0. The van der Waals surface area contributed by atoms with Gasteiger partial charge in [-0.2, -0.15) is 4.31 Å². The number of halogens is 1. The molecule has 0 aromatic heterocycles. The molecule has 2 aromatic rings. The first-order chi connectivity index (χ1) is 12.5. The lowest BCUT2D eigenvalue weighted by Crippen LogP contribution is -2.39. The topological polar surface area (TPSA) is 66.5 Å². The Hall–Kier alpha value is -2.25. The summed E-state index contributed by atoms with van der Waals surface area (Å²) in [6, 6.07) is 9.06. The number of aryl methyl sites for hydroxylation is 3. The number of likely N-dealkylation sites (N-methyl/N-ethyl adjacent to an activating group) is 1. The zero-order valence-electron chi connectivity index (χ0n) is 16.2. The van der Waals surface area contributed by atoms with Gasteiger partial charge in [0.05, 0.1) is 17.5 Å². The van der Waals surface area contributed by atoms with Gasteiger partial charge in [-0.1, -0.05) is 29.8 Å². The van der Waals surface area contributed by atoms with Crippen LogP contribution in [0.25, 0.3) is 0 Å². The number of hydrogen-bond donors (Lipinski definition) is 1. The maximum atomic E-state index is 13.0. The SMILES string of the molecule is Cc1cc(C)c(S(=O)(=O)N(C)CC(=O)N[C@@H](C)c2ccc(F)cc2)c(C)c1. The Bertz CT molecular complexity index is 917. The molecule has 0 aliphatic rings. The minimum Gasteiger partial charge on any atom is -0.348 e. The van der Waals surface area contributed by atoms with Crippen LogP contribution in [0.5, 0.6) is 0 Å². The number of nitrogens with zero attached hydrogens (tertiary/aromatic N) is 1. The van der Waals surface area contributed by atoms with E-state index in [1.54, 1.807) is 32.9 Å². The van der Waals surface area contributed by atoms with Gasteiger partial charge in [0, 0.05) is 7.05 Å². The molecule has 0 aliphatic carbocycles. The molecule has 0 bridgehead atoms. The second-order valence-electron chi connectivity index (χ2n) is 6.83. The first-order valence-corrected chi connectivity index (χ1v) is 10.1. The first-order valence-electron chi connectivity index (χ1n) is 8.61. The van der Waals surface area contributed by atoms with Crippen LogP contribution in [0, 0.1) is 26.6 Å². The predicted octanol–water partition coefficient (Wildman–Crippen LogP) is 3.25. The molecular formula is C20H25FN2O3S. The summed E-state index contributed by atoms with van der Waals surface area (Å²) in [5, 5.41) is 2.74. The van der Waals surface area contributed by atoms with Crippen molar-refractivity contribution in [2.75, 3.05) is 13.6 Å². The summed E-state index contributed by atoms with van der Waals surface area (Å²) in [7, 11) is -2.41. The molecule has 0 saturated heterocycles. The summed E-state index contributed by atoms with van der Waals surface area (Å²) < 4.78 is 39.9. The van der Waals surface area contributed by atoms with Gasteiger partial charge in [-0.3, -0.25) is 4.79 Å². The number of hydrogen-bond acceptors (Lipinski definition) is 3. The number of carbonyl (C=O) groups excluding carboxylic acids is 1. The molecule has 0 saturated carbocycles. The highest BCUT2D eigenvalue weighted by atomic mass is 32.2. The van der Waals surface area contributed by atoms with E-state index in [0.717, 1.165) is 15.4 Å². The number of amides is 1. The van der Waals surface area contributed by atoms with Crippen molar-refractivity contribution in [1.29, 1.82) is 0 Å². The summed E-state index contributed by atoms with van der Waals surface area (Å²) in [4.78, 5) is 12.5. The standard InChI is InChI=1S/C20H25FN2O3S/c1-13-10-14(2)20(15(3)11-13)27(25,26)23(5)12-19(24)22-16(4)17-6-8-18(21)9-7-17/h6-11,16H,12H2,1-5H3,(H,22,24)/t16-/m0/s1. The third-order valence-corrected chi connectivity index (χ3v) is 6.50. The Morgan fingerprint density at radius 2 is 1.63 bits per heavy atom. The first kappa shape index (κ1) is 21.1. The number of carbonyl (C=O) groups is 1. The van der Waals surface area contributed by atoms with Crippen molar-refractivity contribution < 1.29 is 17.6 Å². The molecule has 146 valence electrons. The normalized spacial score (nSPS) is 12.9. The average molecular weight is 392 g/mol. The van der Waals surface area contributed by atoms with Crippen LogP contribution >= 0.6 is 0 Å². The van der Waals surface area contributed by atoms with Crippen LogP contribution in [0.3, 0.4) is 0 Å². The molecule has 1 atom stereocenters. The Morgan fingerprint density at radius 3 is 2.15 bits per heavy atom. The fourth-order valence-electron chi connectivity index (χ4n) is 3.14. The summed E-state index contributed by atoms with van der Waals surface area (Å²) in [6.07, 6.45) is 0. The molecule has 27 heavy (non-hydrogen) atoms. The number of rotatable bonds is 6. The van der Waals surface area contributed by atoms with Gasteiger partial charge in [-0.05, 0) is 56.5 Å². The third kappa shape index (κ3) is 4.93. The van der Waals surface area contributed by atoms with Crippen LogP contribution in [0.4, 0.5) is 4.39 Å². The Kier molecular flexibility index (Phi) is 6.38. The van der Waals surface area contributed by atoms with E-state index in [4.69, 9.17) is 0 Å². The van der Waals surface area contributed by atoms with Crippen LogP contribution in [0.2, 0.25) is 0 Å². The van der Waals surface area contributed by atoms with Crippen LogP contribution in [0.15, 0.2) is 41.3 Å². The molecule has 0 fully saturated rings. The zero-order chi connectivity index (χ0) is 20.4. The van der Waals surface area contributed by atoms with E-state index in [2.05, 4.69) is 5.32 Å². The van der Waals surface area contributed by atoms with E-state index < -0.39 is 15.9 Å². The average Bonchev–Trinajstić information content (AvgIpc) is 2.53. The molecule has 7 heteroatoms. The summed E-state index contributed by atoms with van der Waals surface area (Å²) in [5.74, 6) is -0.785. The quantitative estimate of drug-likeness (QED) is 0.821. The molecule has 0 unspecified atom stereocenters. The number of sulfonamides is 1. The molecule has 1 N–H and O–H groups in total. The van der Waals surface area contributed by atoms with Crippen LogP contribution in [0.1, 0.15) is 35.2 Å². The smallest absolute Gasteiger partial charge is 0.243 e. The summed E-state index contributed by atoms with van der Waals surface area (Å²) in [5.41, 5.74) is 3.02. The molecule has 0 spiro atoms. The van der Waals surface area contributed by atoms with Gasteiger partial charge in [0.1, 0.15) is 5.82 Å². The summed E-state index contributed by atoms with van der Waals surface area (Å²) >= 11 is 0. The van der Waals surface area contributed by atoms with Crippen molar-refractivity contribution >= 4 is 15.9 Å². The van der Waals surface area contributed by atoms with E-state index in [1.807, 2.05) is 19.1 Å².